The number of esters is 1. The van der Waals surface area contributed by atoms with Crippen LogP contribution in [0.3, 0.4) is 0 Å². The summed E-state index contributed by atoms with van der Waals surface area (Å²) in [6.45, 7) is 1.73. The molecule has 2 N–H and O–H groups in total. The predicted molar refractivity (Wildman–Crippen MR) is 85.3 cm³/mol. The topological polar surface area (TPSA) is 81.6 Å². The Balaban J connectivity index is 1.63. The number of aromatic nitrogens is 1. The van der Waals surface area contributed by atoms with Crippen molar-refractivity contribution in [1.29, 1.82) is 0 Å². The van der Waals surface area contributed by atoms with Crippen molar-refractivity contribution in [3.05, 3.63) is 41.7 Å². The van der Waals surface area contributed by atoms with Crippen LogP contribution in [-0.2, 0) is 16.1 Å². The molecule has 0 radical (unpaired) electrons. The highest BCUT2D eigenvalue weighted by molar-refractivity contribution is 5.80. The summed E-state index contributed by atoms with van der Waals surface area (Å²) in [6.07, 6.45) is 0.980. The smallest absolute Gasteiger partial charge is 0.325 e. The summed E-state index contributed by atoms with van der Waals surface area (Å²) in [4.78, 5) is 13.8. The number of rotatable bonds is 4. The molecule has 8 heteroatoms. The molecule has 3 rings (SSSR count). The lowest BCUT2D eigenvalue weighted by Gasteiger charge is -2.36. The Kier molecular flexibility index (Phi) is 4.82. The van der Waals surface area contributed by atoms with Gasteiger partial charge in [-0.1, -0.05) is 5.16 Å². The lowest BCUT2D eigenvalue weighted by molar-refractivity contribution is -0.149. The van der Waals surface area contributed by atoms with E-state index in [1.807, 2.05) is 0 Å². The molecule has 1 saturated heterocycles. The number of carbonyl (C=O) groups is 1. The van der Waals surface area contributed by atoms with Gasteiger partial charge in [0.15, 0.2) is 17.4 Å². The van der Waals surface area contributed by atoms with Crippen LogP contribution in [-0.4, -0.2) is 41.8 Å². The van der Waals surface area contributed by atoms with E-state index in [0.29, 0.717) is 49.5 Å². The Hall–Kier alpha value is -2.32. The van der Waals surface area contributed by atoms with Gasteiger partial charge < -0.3 is 15.0 Å². The molecule has 1 fully saturated rings. The van der Waals surface area contributed by atoms with Crippen LogP contribution in [0.25, 0.3) is 11.3 Å². The maximum absolute atomic E-state index is 13.3. The van der Waals surface area contributed by atoms with Crippen LogP contribution in [0.4, 0.5) is 8.78 Å². The van der Waals surface area contributed by atoms with Gasteiger partial charge in [0.05, 0.1) is 13.7 Å². The number of nitrogens with two attached hydrogens (primary N) is 1. The zero-order valence-electron chi connectivity index (χ0n) is 13.8. The Morgan fingerprint density at radius 1 is 1.32 bits per heavy atom. The molecule has 2 heterocycles. The van der Waals surface area contributed by atoms with E-state index < -0.39 is 23.1 Å². The summed E-state index contributed by atoms with van der Waals surface area (Å²) < 4.78 is 36.4. The van der Waals surface area contributed by atoms with E-state index >= 15 is 0 Å². The van der Waals surface area contributed by atoms with E-state index in [0.717, 1.165) is 12.1 Å². The highest BCUT2D eigenvalue weighted by atomic mass is 19.2. The van der Waals surface area contributed by atoms with Gasteiger partial charge in [0.1, 0.15) is 11.2 Å². The molecule has 2 aromatic rings. The first kappa shape index (κ1) is 17.5. The largest absolute Gasteiger partial charge is 0.468 e. The third-order valence-corrected chi connectivity index (χ3v) is 4.49. The summed E-state index contributed by atoms with van der Waals surface area (Å²) in [6, 6.07) is 5.27. The normalized spacial score (nSPS) is 17.4. The summed E-state index contributed by atoms with van der Waals surface area (Å²) >= 11 is 0. The molecule has 134 valence electrons. The molecule has 0 atom stereocenters. The molecule has 0 spiro atoms. The second kappa shape index (κ2) is 6.89. The first-order chi connectivity index (χ1) is 11.9. The average Bonchev–Trinajstić information content (AvgIpc) is 3.07. The quantitative estimate of drug-likeness (QED) is 0.850. The maximum Gasteiger partial charge on any atom is 0.325 e. The minimum absolute atomic E-state index is 0.396. The third-order valence-electron chi connectivity index (χ3n) is 4.49. The number of benzene rings is 1. The monoisotopic (exact) mass is 351 g/mol. The zero-order valence-corrected chi connectivity index (χ0v) is 13.8. The van der Waals surface area contributed by atoms with Crippen LogP contribution >= 0.6 is 0 Å². The summed E-state index contributed by atoms with van der Waals surface area (Å²) in [5.41, 5.74) is 6.01. The molecule has 0 amide bonds. The predicted octanol–water partition coefficient (Wildman–Crippen LogP) is 2.09. The summed E-state index contributed by atoms with van der Waals surface area (Å²) in [5.74, 6) is -1.63. The van der Waals surface area contributed by atoms with E-state index in [-0.39, 0.29) is 0 Å². The van der Waals surface area contributed by atoms with Gasteiger partial charge in [-0.15, -0.1) is 0 Å². The number of methoxy groups -OCH3 is 1. The van der Waals surface area contributed by atoms with Gasteiger partial charge >= 0.3 is 5.97 Å². The minimum Gasteiger partial charge on any atom is -0.468 e. The Morgan fingerprint density at radius 3 is 2.68 bits per heavy atom. The molecule has 0 unspecified atom stereocenters. The van der Waals surface area contributed by atoms with E-state index in [1.54, 1.807) is 6.07 Å². The lowest BCUT2D eigenvalue weighted by Crippen LogP contribution is -2.55. The molecule has 1 aliphatic rings. The summed E-state index contributed by atoms with van der Waals surface area (Å²) in [5, 5.41) is 3.90. The van der Waals surface area contributed by atoms with Crippen LogP contribution in [0.5, 0.6) is 0 Å². The molecule has 1 aromatic heterocycles. The standard InChI is InChI=1S/C17H19F2N3O3/c1-24-16(23)17(20)4-6-22(7-5-17)10-12-9-15(21-25-12)11-2-3-13(18)14(19)8-11/h2-3,8-9H,4-7,10,20H2,1H3. The van der Waals surface area contributed by atoms with Gasteiger partial charge in [-0.2, -0.15) is 0 Å². The van der Waals surface area contributed by atoms with Gasteiger partial charge in [-0.25, -0.2) is 8.78 Å². The minimum atomic E-state index is -0.941. The van der Waals surface area contributed by atoms with Crippen molar-refractivity contribution in [2.75, 3.05) is 20.2 Å². The van der Waals surface area contributed by atoms with E-state index in [2.05, 4.69) is 10.1 Å². The molecule has 6 nitrogen and oxygen atoms in total. The third kappa shape index (κ3) is 3.69. The molecular formula is C17H19F2N3O3. The summed E-state index contributed by atoms with van der Waals surface area (Å²) in [7, 11) is 1.33. The number of nitrogens with zero attached hydrogens (tertiary/aromatic N) is 2. The Labute approximate surface area is 143 Å². The SMILES string of the molecule is COC(=O)C1(N)CCN(Cc2cc(-c3ccc(F)c(F)c3)no2)CC1. The highest BCUT2D eigenvalue weighted by Crippen LogP contribution is 2.25. The van der Waals surface area contributed by atoms with Gasteiger partial charge in [0, 0.05) is 24.7 Å². The number of ether oxygens (including phenoxy) is 1. The molecule has 1 aliphatic heterocycles. The first-order valence-corrected chi connectivity index (χ1v) is 7.92. The average molecular weight is 351 g/mol. The fourth-order valence-electron chi connectivity index (χ4n) is 2.92. The van der Waals surface area contributed by atoms with Crippen molar-refractivity contribution in [3.63, 3.8) is 0 Å². The highest BCUT2D eigenvalue weighted by Gasteiger charge is 2.38. The number of hydrogen-bond acceptors (Lipinski definition) is 6. The Morgan fingerprint density at radius 2 is 2.04 bits per heavy atom. The number of likely N-dealkylation sites (tertiary alicyclic amines) is 1. The van der Waals surface area contributed by atoms with Gasteiger partial charge in [-0.05, 0) is 31.0 Å². The molecular weight excluding hydrogens is 332 g/mol. The van der Waals surface area contributed by atoms with Crippen molar-refractivity contribution >= 4 is 5.97 Å². The molecule has 0 bridgehead atoms. The number of carbonyl (C=O) groups excluding carboxylic acids is 1. The molecule has 0 saturated carbocycles. The van der Waals surface area contributed by atoms with Gasteiger partial charge in [0.25, 0.3) is 0 Å². The molecule has 1 aromatic carbocycles. The van der Waals surface area contributed by atoms with E-state index in [1.165, 1.54) is 13.2 Å². The Bertz CT molecular complexity index is 770. The van der Waals surface area contributed by atoms with Crippen molar-refractivity contribution in [1.82, 2.24) is 10.1 Å². The van der Waals surface area contributed by atoms with Crippen molar-refractivity contribution < 1.29 is 22.8 Å². The molecule has 25 heavy (non-hydrogen) atoms. The zero-order chi connectivity index (χ0) is 18.0. The second-order valence-corrected chi connectivity index (χ2v) is 6.23. The van der Waals surface area contributed by atoms with Gasteiger partial charge in [0.2, 0.25) is 0 Å². The number of piperidine rings is 1. The fourth-order valence-corrected chi connectivity index (χ4v) is 2.92. The maximum atomic E-state index is 13.3. The van der Waals surface area contributed by atoms with E-state index in [9.17, 15) is 13.6 Å². The number of hydrogen-bond donors (Lipinski definition) is 1. The number of halogens is 2. The van der Waals surface area contributed by atoms with Crippen molar-refractivity contribution in [2.24, 2.45) is 5.73 Å². The first-order valence-electron chi connectivity index (χ1n) is 7.92. The van der Waals surface area contributed by atoms with Crippen LogP contribution in [0.2, 0.25) is 0 Å². The fraction of sp³-hybridized carbons (Fsp3) is 0.412. The second-order valence-electron chi connectivity index (χ2n) is 6.23. The van der Waals surface area contributed by atoms with Crippen molar-refractivity contribution in [3.8, 4) is 11.3 Å². The molecule has 0 aliphatic carbocycles. The lowest BCUT2D eigenvalue weighted by atomic mass is 9.88. The van der Waals surface area contributed by atoms with Crippen LogP contribution in [0.1, 0.15) is 18.6 Å². The van der Waals surface area contributed by atoms with Crippen LogP contribution in [0, 0.1) is 11.6 Å². The van der Waals surface area contributed by atoms with Crippen LogP contribution in [0.15, 0.2) is 28.8 Å². The van der Waals surface area contributed by atoms with Crippen molar-refractivity contribution in [2.45, 2.75) is 24.9 Å². The van der Waals surface area contributed by atoms with Gasteiger partial charge in [-0.3, -0.25) is 9.69 Å². The van der Waals surface area contributed by atoms with Crippen LogP contribution < -0.4 is 5.73 Å². The van der Waals surface area contributed by atoms with E-state index in [4.69, 9.17) is 15.0 Å².